The molecule has 0 aliphatic carbocycles. The van der Waals surface area contributed by atoms with E-state index in [1.165, 1.54) is 19.2 Å². The van der Waals surface area contributed by atoms with Gasteiger partial charge in [0.25, 0.3) is 5.91 Å². The Bertz CT molecular complexity index is 982. The number of methoxy groups -OCH3 is 1. The van der Waals surface area contributed by atoms with Gasteiger partial charge in [-0.25, -0.2) is 0 Å². The second kappa shape index (κ2) is 7.19. The van der Waals surface area contributed by atoms with Crippen LogP contribution in [0, 0.1) is 10.1 Å². The Labute approximate surface area is 152 Å². The van der Waals surface area contributed by atoms with Crippen molar-refractivity contribution in [3.63, 3.8) is 0 Å². The molecule has 0 fully saturated rings. The fraction of sp³-hybridized carbons (Fsp3) is 0.0588. The van der Waals surface area contributed by atoms with E-state index in [2.05, 4.69) is 10.6 Å². The maximum Gasteiger partial charge on any atom is 0.312 e. The Balaban J connectivity index is 1.71. The highest BCUT2D eigenvalue weighted by atomic mass is 32.1. The third kappa shape index (κ3) is 3.62. The first kappa shape index (κ1) is 17.4. The summed E-state index contributed by atoms with van der Waals surface area (Å²) in [6.45, 7) is 0. The van der Waals surface area contributed by atoms with Gasteiger partial charge in [0.1, 0.15) is 5.58 Å². The molecular formula is C17H13N3O5S. The zero-order valence-corrected chi connectivity index (χ0v) is 14.3. The number of para-hydroxylation sites is 1. The van der Waals surface area contributed by atoms with Crippen LogP contribution in [0.15, 0.2) is 52.9 Å². The number of carbonyl (C=O) groups excluding carboxylic acids is 1. The average Bonchev–Trinajstić information content (AvgIpc) is 3.05. The first-order valence-electron chi connectivity index (χ1n) is 7.41. The van der Waals surface area contributed by atoms with Gasteiger partial charge in [0, 0.05) is 17.1 Å². The molecule has 1 amide bonds. The largest absolute Gasteiger partial charge is 0.490 e. The number of rotatable bonds is 4. The van der Waals surface area contributed by atoms with Gasteiger partial charge in [0.15, 0.2) is 16.6 Å². The number of hydrogen-bond donors (Lipinski definition) is 2. The summed E-state index contributed by atoms with van der Waals surface area (Å²) >= 11 is 5.08. The standard InChI is InChI=1S/C17H13N3O5S/c1-24-14-7-6-11(9-12(14)20(22)23)18-17(26)19-16(21)15-8-10-4-2-3-5-13(10)25-15/h2-9H,1H3,(H2,18,19,21,26). The highest BCUT2D eigenvalue weighted by Gasteiger charge is 2.17. The van der Waals surface area contributed by atoms with E-state index in [-0.39, 0.29) is 22.3 Å². The Morgan fingerprint density at radius 2 is 2.00 bits per heavy atom. The monoisotopic (exact) mass is 371 g/mol. The van der Waals surface area contributed by atoms with Crippen LogP contribution < -0.4 is 15.4 Å². The van der Waals surface area contributed by atoms with Crippen LogP contribution in [0.1, 0.15) is 10.6 Å². The van der Waals surface area contributed by atoms with Crippen LogP contribution in [-0.2, 0) is 0 Å². The zero-order valence-electron chi connectivity index (χ0n) is 13.5. The van der Waals surface area contributed by atoms with Crippen molar-refractivity contribution in [3.05, 3.63) is 64.4 Å². The molecule has 26 heavy (non-hydrogen) atoms. The summed E-state index contributed by atoms with van der Waals surface area (Å²) in [5.41, 5.74) is 0.707. The fourth-order valence-corrected chi connectivity index (χ4v) is 2.54. The molecule has 8 nitrogen and oxygen atoms in total. The van der Waals surface area contributed by atoms with Crippen LogP contribution in [0.3, 0.4) is 0 Å². The summed E-state index contributed by atoms with van der Waals surface area (Å²) in [4.78, 5) is 22.7. The molecule has 0 aliphatic rings. The second-order valence-corrected chi connectivity index (χ2v) is 5.61. The van der Waals surface area contributed by atoms with E-state index in [1.807, 2.05) is 12.1 Å². The van der Waals surface area contributed by atoms with Gasteiger partial charge in [0.2, 0.25) is 0 Å². The quantitative estimate of drug-likeness (QED) is 0.411. The molecule has 3 aromatic rings. The lowest BCUT2D eigenvalue weighted by molar-refractivity contribution is -0.385. The molecule has 0 spiro atoms. The molecule has 2 N–H and O–H groups in total. The fourth-order valence-electron chi connectivity index (χ4n) is 2.33. The first-order valence-corrected chi connectivity index (χ1v) is 7.82. The zero-order chi connectivity index (χ0) is 18.7. The number of carbonyl (C=O) groups is 1. The van der Waals surface area contributed by atoms with Crippen LogP contribution in [0.25, 0.3) is 11.0 Å². The number of nitrogens with one attached hydrogen (secondary N) is 2. The molecule has 0 atom stereocenters. The van der Waals surface area contributed by atoms with Crippen LogP contribution in [0.5, 0.6) is 5.75 Å². The van der Waals surface area contributed by atoms with Gasteiger partial charge in [-0.1, -0.05) is 18.2 Å². The van der Waals surface area contributed by atoms with Crippen molar-refractivity contribution in [3.8, 4) is 5.75 Å². The number of nitrogens with zero attached hydrogens (tertiary/aromatic N) is 1. The predicted molar refractivity (Wildman–Crippen MR) is 99.5 cm³/mol. The molecule has 0 saturated heterocycles. The van der Waals surface area contributed by atoms with Gasteiger partial charge in [-0.05, 0) is 36.5 Å². The number of furan rings is 1. The van der Waals surface area contributed by atoms with Gasteiger partial charge in [-0.3, -0.25) is 20.2 Å². The van der Waals surface area contributed by atoms with Gasteiger partial charge < -0.3 is 14.5 Å². The van der Waals surface area contributed by atoms with E-state index in [9.17, 15) is 14.9 Å². The summed E-state index contributed by atoms with van der Waals surface area (Å²) in [6.07, 6.45) is 0. The van der Waals surface area contributed by atoms with E-state index in [4.69, 9.17) is 21.4 Å². The Hall–Kier alpha value is -3.46. The van der Waals surface area contributed by atoms with Crippen LogP contribution in [0.4, 0.5) is 11.4 Å². The van der Waals surface area contributed by atoms with E-state index >= 15 is 0 Å². The lowest BCUT2D eigenvalue weighted by Crippen LogP contribution is -2.33. The molecule has 0 unspecified atom stereocenters. The Morgan fingerprint density at radius 1 is 1.23 bits per heavy atom. The summed E-state index contributed by atoms with van der Waals surface area (Å²) in [5.74, 6) is -0.296. The van der Waals surface area contributed by atoms with Gasteiger partial charge in [-0.15, -0.1) is 0 Å². The Morgan fingerprint density at radius 3 is 2.69 bits per heavy atom. The summed E-state index contributed by atoms with van der Waals surface area (Å²) in [6, 6.07) is 13.1. The molecule has 132 valence electrons. The number of nitro benzene ring substituents is 1. The van der Waals surface area contributed by atoms with Gasteiger partial charge in [0.05, 0.1) is 12.0 Å². The Kier molecular flexibility index (Phi) is 4.81. The number of hydrogen-bond acceptors (Lipinski definition) is 6. The molecule has 9 heteroatoms. The maximum atomic E-state index is 12.2. The van der Waals surface area contributed by atoms with E-state index in [0.29, 0.717) is 11.3 Å². The lowest BCUT2D eigenvalue weighted by Gasteiger charge is -2.09. The topological polar surface area (TPSA) is 107 Å². The molecule has 2 aromatic carbocycles. The number of anilines is 1. The van der Waals surface area contributed by atoms with Crippen molar-refractivity contribution >= 4 is 45.6 Å². The molecule has 0 saturated carbocycles. The summed E-state index contributed by atoms with van der Waals surface area (Å²) in [5, 5.41) is 17.0. The molecule has 0 aliphatic heterocycles. The van der Waals surface area contributed by atoms with E-state index < -0.39 is 10.8 Å². The number of thiocarbonyl (C=S) groups is 1. The summed E-state index contributed by atoms with van der Waals surface area (Å²) < 4.78 is 10.4. The van der Waals surface area contributed by atoms with E-state index in [1.54, 1.807) is 24.3 Å². The van der Waals surface area contributed by atoms with Crippen LogP contribution in [0.2, 0.25) is 0 Å². The number of amides is 1. The van der Waals surface area contributed by atoms with Gasteiger partial charge >= 0.3 is 5.69 Å². The average molecular weight is 371 g/mol. The van der Waals surface area contributed by atoms with Crippen LogP contribution >= 0.6 is 12.2 Å². The normalized spacial score (nSPS) is 10.3. The minimum absolute atomic E-state index is 0.0186. The smallest absolute Gasteiger partial charge is 0.312 e. The highest BCUT2D eigenvalue weighted by Crippen LogP contribution is 2.29. The SMILES string of the molecule is COc1ccc(NC(=S)NC(=O)c2cc3ccccc3o2)cc1[N+](=O)[O-]. The predicted octanol–water partition coefficient (Wildman–Crippen LogP) is 3.48. The van der Waals surface area contributed by atoms with E-state index in [0.717, 1.165) is 5.39 Å². The molecule has 1 aromatic heterocycles. The number of nitro groups is 1. The minimum Gasteiger partial charge on any atom is -0.490 e. The molecule has 0 radical (unpaired) electrons. The van der Waals surface area contributed by atoms with Crippen molar-refractivity contribution < 1.29 is 18.9 Å². The number of ether oxygens (including phenoxy) is 1. The molecular weight excluding hydrogens is 358 g/mol. The van der Waals surface area contributed by atoms with Crippen molar-refractivity contribution in [2.75, 3.05) is 12.4 Å². The highest BCUT2D eigenvalue weighted by molar-refractivity contribution is 7.80. The van der Waals surface area contributed by atoms with Crippen molar-refractivity contribution in [2.24, 2.45) is 0 Å². The molecule has 0 bridgehead atoms. The third-order valence-electron chi connectivity index (χ3n) is 3.51. The minimum atomic E-state index is -0.569. The van der Waals surface area contributed by atoms with Crippen molar-refractivity contribution in [2.45, 2.75) is 0 Å². The summed E-state index contributed by atoms with van der Waals surface area (Å²) in [7, 11) is 1.34. The number of benzene rings is 2. The molecule has 1 heterocycles. The maximum absolute atomic E-state index is 12.2. The molecule has 3 rings (SSSR count). The number of fused-ring (bicyclic) bond motifs is 1. The van der Waals surface area contributed by atoms with Crippen molar-refractivity contribution in [1.82, 2.24) is 5.32 Å². The first-order chi connectivity index (χ1) is 12.5. The third-order valence-corrected chi connectivity index (χ3v) is 3.71. The van der Waals surface area contributed by atoms with Gasteiger partial charge in [-0.2, -0.15) is 0 Å². The van der Waals surface area contributed by atoms with Crippen molar-refractivity contribution in [1.29, 1.82) is 0 Å². The van der Waals surface area contributed by atoms with Crippen LogP contribution in [-0.4, -0.2) is 23.1 Å². The lowest BCUT2D eigenvalue weighted by atomic mass is 10.2. The second-order valence-electron chi connectivity index (χ2n) is 5.20.